The van der Waals surface area contributed by atoms with Crippen LogP contribution in [-0.4, -0.2) is 60.6 Å². The third-order valence-electron chi connectivity index (χ3n) is 4.70. The quantitative estimate of drug-likeness (QED) is 0.647. The Kier molecular flexibility index (Phi) is 7.79. The SMILES string of the molecule is CC(C)CC(CNC(=O)Cc1csc(NC(=O)c2ccco2)n1)N1CCOCC1. The first-order chi connectivity index (χ1) is 14.0. The van der Waals surface area contributed by atoms with Gasteiger partial charge in [-0.15, -0.1) is 11.3 Å². The summed E-state index contributed by atoms with van der Waals surface area (Å²) in [7, 11) is 0. The van der Waals surface area contributed by atoms with E-state index in [9.17, 15) is 9.59 Å². The number of hydrogen-bond donors (Lipinski definition) is 2. The molecule has 0 aliphatic carbocycles. The number of rotatable bonds is 9. The van der Waals surface area contributed by atoms with Crippen molar-refractivity contribution < 1.29 is 18.7 Å². The average Bonchev–Trinajstić information content (AvgIpc) is 3.38. The summed E-state index contributed by atoms with van der Waals surface area (Å²) in [6, 6.07) is 3.54. The van der Waals surface area contributed by atoms with Crippen molar-refractivity contribution in [2.75, 3.05) is 38.2 Å². The number of nitrogens with one attached hydrogen (secondary N) is 2. The first kappa shape index (κ1) is 21.5. The van der Waals surface area contributed by atoms with Gasteiger partial charge in [0.2, 0.25) is 5.91 Å². The van der Waals surface area contributed by atoms with Gasteiger partial charge in [0.1, 0.15) is 0 Å². The number of carbonyl (C=O) groups is 2. The Balaban J connectivity index is 1.48. The van der Waals surface area contributed by atoms with Crippen LogP contribution in [0, 0.1) is 5.92 Å². The zero-order chi connectivity index (χ0) is 20.6. The summed E-state index contributed by atoms with van der Waals surface area (Å²) in [4.78, 5) is 31.1. The lowest BCUT2D eigenvalue weighted by Gasteiger charge is -2.35. The largest absolute Gasteiger partial charge is 0.459 e. The molecule has 1 fully saturated rings. The van der Waals surface area contributed by atoms with Crippen LogP contribution in [0.3, 0.4) is 0 Å². The number of carbonyl (C=O) groups excluding carboxylic acids is 2. The number of anilines is 1. The first-order valence-electron chi connectivity index (χ1n) is 9.89. The molecule has 8 nitrogen and oxygen atoms in total. The molecule has 1 unspecified atom stereocenters. The van der Waals surface area contributed by atoms with E-state index < -0.39 is 0 Å². The summed E-state index contributed by atoms with van der Waals surface area (Å²) in [6.07, 6.45) is 2.65. The van der Waals surface area contributed by atoms with Gasteiger partial charge >= 0.3 is 0 Å². The van der Waals surface area contributed by atoms with Gasteiger partial charge in [0.25, 0.3) is 5.91 Å². The van der Waals surface area contributed by atoms with Crippen LogP contribution in [0.1, 0.15) is 36.5 Å². The second-order valence-corrected chi connectivity index (χ2v) is 8.35. The summed E-state index contributed by atoms with van der Waals surface area (Å²) >= 11 is 1.29. The zero-order valence-corrected chi connectivity index (χ0v) is 17.7. The lowest BCUT2D eigenvalue weighted by Crippen LogP contribution is -2.49. The number of hydrogen-bond acceptors (Lipinski definition) is 7. The zero-order valence-electron chi connectivity index (χ0n) is 16.8. The Labute approximate surface area is 174 Å². The number of nitrogens with zero attached hydrogens (tertiary/aromatic N) is 2. The molecule has 0 bridgehead atoms. The normalized spacial score (nSPS) is 16.0. The van der Waals surface area contributed by atoms with Crippen molar-refractivity contribution in [2.45, 2.75) is 32.7 Å². The number of ether oxygens (including phenoxy) is 1. The second-order valence-electron chi connectivity index (χ2n) is 7.49. The third-order valence-corrected chi connectivity index (χ3v) is 5.51. The van der Waals surface area contributed by atoms with Crippen LogP contribution >= 0.6 is 11.3 Å². The minimum atomic E-state index is -0.359. The summed E-state index contributed by atoms with van der Waals surface area (Å²) in [6.45, 7) is 8.30. The van der Waals surface area contributed by atoms with E-state index in [1.54, 1.807) is 17.5 Å². The highest BCUT2D eigenvalue weighted by Gasteiger charge is 2.22. The highest BCUT2D eigenvalue weighted by atomic mass is 32.1. The maximum absolute atomic E-state index is 12.4. The molecule has 0 saturated carbocycles. The number of thiazole rings is 1. The van der Waals surface area contributed by atoms with E-state index in [0.29, 0.717) is 29.3 Å². The van der Waals surface area contributed by atoms with Crippen LogP contribution < -0.4 is 10.6 Å². The van der Waals surface area contributed by atoms with Crippen molar-refractivity contribution >= 4 is 28.3 Å². The van der Waals surface area contributed by atoms with Crippen LogP contribution in [0.25, 0.3) is 0 Å². The Bertz CT molecular complexity index is 784. The van der Waals surface area contributed by atoms with Gasteiger partial charge in [-0.05, 0) is 24.5 Å². The van der Waals surface area contributed by atoms with E-state index in [-0.39, 0.29) is 24.0 Å². The van der Waals surface area contributed by atoms with Crippen LogP contribution in [0.4, 0.5) is 5.13 Å². The van der Waals surface area contributed by atoms with Crippen LogP contribution in [0.15, 0.2) is 28.2 Å². The second kappa shape index (κ2) is 10.5. The number of amides is 2. The molecule has 2 amide bonds. The van der Waals surface area contributed by atoms with Gasteiger partial charge in [-0.1, -0.05) is 13.8 Å². The minimum Gasteiger partial charge on any atom is -0.459 e. The van der Waals surface area contributed by atoms with E-state index in [0.717, 1.165) is 32.7 Å². The van der Waals surface area contributed by atoms with Crippen LogP contribution in [0.2, 0.25) is 0 Å². The van der Waals surface area contributed by atoms with Gasteiger partial charge in [-0.25, -0.2) is 4.98 Å². The Hall–Kier alpha value is -2.23. The van der Waals surface area contributed by atoms with Gasteiger partial charge in [0.15, 0.2) is 10.9 Å². The first-order valence-corrected chi connectivity index (χ1v) is 10.8. The van der Waals surface area contributed by atoms with E-state index in [4.69, 9.17) is 9.15 Å². The molecule has 158 valence electrons. The molecule has 3 rings (SSSR count). The van der Waals surface area contributed by atoms with Gasteiger partial charge in [0, 0.05) is 31.1 Å². The van der Waals surface area contributed by atoms with Gasteiger partial charge < -0.3 is 14.5 Å². The van der Waals surface area contributed by atoms with Crippen molar-refractivity contribution in [1.82, 2.24) is 15.2 Å². The lowest BCUT2D eigenvalue weighted by atomic mass is 10.0. The smallest absolute Gasteiger partial charge is 0.293 e. The molecule has 2 aromatic rings. The predicted octanol–water partition coefficient (Wildman–Crippen LogP) is 2.39. The van der Waals surface area contributed by atoms with Crippen molar-refractivity contribution in [3.8, 4) is 0 Å². The molecule has 29 heavy (non-hydrogen) atoms. The van der Waals surface area contributed by atoms with Crippen molar-refractivity contribution in [3.63, 3.8) is 0 Å². The molecule has 0 aromatic carbocycles. The van der Waals surface area contributed by atoms with Crippen LogP contribution in [0.5, 0.6) is 0 Å². The minimum absolute atomic E-state index is 0.0683. The lowest BCUT2D eigenvalue weighted by molar-refractivity contribution is -0.120. The summed E-state index contributed by atoms with van der Waals surface area (Å²) < 4.78 is 10.5. The fourth-order valence-electron chi connectivity index (χ4n) is 3.32. The van der Waals surface area contributed by atoms with Crippen LogP contribution in [-0.2, 0) is 16.0 Å². The summed E-state index contributed by atoms with van der Waals surface area (Å²) in [5.41, 5.74) is 0.633. The van der Waals surface area contributed by atoms with Gasteiger partial charge in [0.05, 0.1) is 31.6 Å². The Morgan fingerprint density at radius 2 is 2.10 bits per heavy atom. The van der Waals surface area contributed by atoms with Crippen molar-refractivity contribution in [1.29, 1.82) is 0 Å². The number of aromatic nitrogens is 1. The molecule has 2 N–H and O–H groups in total. The number of morpholine rings is 1. The fourth-order valence-corrected chi connectivity index (χ4v) is 4.02. The molecule has 1 saturated heterocycles. The standard InChI is InChI=1S/C20H28N4O4S/c1-14(2)10-16(24-5-8-27-9-6-24)12-21-18(25)11-15-13-29-20(22-15)23-19(26)17-4-3-7-28-17/h3-4,7,13-14,16H,5-6,8-12H2,1-2H3,(H,21,25)(H,22,23,26). The molecular formula is C20H28N4O4S. The molecule has 3 heterocycles. The maximum Gasteiger partial charge on any atom is 0.293 e. The molecule has 1 atom stereocenters. The third kappa shape index (κ3) is 6.66. The molecule has 1 aliphatic rings. The molecule has 0 spiro atoms. The van der Waals surface area contributed by atoms with E-state index >= 15 is 0 Å². The van der Waals surface area contributed by atoms with E-state index in [1.165, 1.54) is 17.6 Å². The predicted molar refractivity (Wildman–Crippen MR) is 111 cm³/mol. The average molecular weight is 421 g/mol. The fraction of sp³-hybridized carbons (Fsp3) is 0.550. The van der Waals surface area contributed by atoms with Crippen molar-refractivity contribution in [3.05, 3.63) is 35.2 Å². The van der Waals surface area contributed by atoms with E-state index in [1.807, 2.05) is 0 Å². The van der Waals surface area contributed by atoms with Gasteiger partial charge in [-0.2, -0.15) is 0 Å². The molecule has 9 heteroatoms. The highest BCUT2D eigenvalue weighted by molar-refractivity contribution is 7.14. The molecule has 0 radical (unpaired) electrons. The molecule has 2 aromatic heterocycles. The Morgan fingerprint density at radius 3 is 2.79 bits per heavy atom. The summed E-state index contributed by atoms with van der Waals surface area (Å²) in [5, 5.41) is 7.95. The molecular weight excluding hydrogens is 392 g/mol. The van der Waals surface area contributed by atoms with Crippen molar-refractivity contribution in [2.24, 2.45) is 5.92 Å². The number of furan rings is 1. The summed E-state index contributed by atoms with van der Waals surface area (Å²) in [5.74, 6) is 0.348. The van der Waals surface area contributed by atoms with E-state index in [2.05, 4.69) is 34.4 Å². The molecule has 1 aliphatic heterocycles. The highest BCUT2D eigenvalue weighted by Crippen LogP contribution is 2.17. The maximum atomic E-state index is 12.4. The topological polar surface area (TPSA) is 96.7 Å². The Morgan fingerprint density at radius 1 is 1.31 bits per heavy atom. The monoisotopic (exact) mass is 420 g/mol. The van der Waals surface area contributed by atoms with Gasteiger partial charge in [-0.3, -0.25) is 19.8 Å².